The Kier molecular flexibility index (Phi) is 5.95. The Morgan fingerprint density at radius 2 is 1.66 bits per heavy atom. The van der Waals surface area contributed by atoms with Crippen LogP contribution in [0.25, 0.3) is 0 Å². The lowest BCUT2D eigenvalue weighted by Gasteiger charge is -2.27. The average Bonchev–Trinajstić information content (AvgIpc) is 3.24. The summed E-state index contributed by atoms with van der Waals surface area (Å²) >= 11 is 6.26. The highest BCUT2D eigenvalue weighted by atomic mass is 35.5. The molecule has 2 aromatic rings. The van der Waals surface area contributed by atoms with Crippen LogP contribution in [0.15, 0.2) is 53.4 Å². The first kappa shape index (κ1) is 20.4. The van der Waals surface area contributed by atoms with E-state index in [0.29, 0.717) is 25.2 Å². The fourth-order valence-corrected chi connectivity index (χ4v) is 6.29. The van der Waals surface area contributed by atoms with Gasteiger partial charge in [0, 0.05) is 25.2 Å². The molecule has 2 fully saturated rings. The van der Waals surface area contributed by atoms with E-state index in [1.165, 1.54) is 16.4 Å². The van der Waals surface area contributed by atoms with Crippen molar-refractivity contribution < 1.29 is 13.2 Å². The molecule has 2 saturated heterocycles. The number of carbonyl (C=O) groups is 1. The molecule has 1 amide bonds. The Bertz CT molecular complexity index is 988. The third-order valence-corrected chi connectivity index (χ3v) is 8.19. The normalized spacial score (nSPS) is 20.7. The van der Waals surface area contributed by atoms with Crippen LogP contribution in [0.5, 0.6) is 0 Å². The van der Waals surface area contributed by atoms with Gasteiger partial charge in [-0.25, -0.2) is 8.42 Å². The molecule has 0 bridgehead atoms. The number of amides is 1. The van der Waals surface area contributed by atoms with Gasteiger partial charge in [0.25, 0.3) is 5.91 Å². The lowest BCUT2D eigenvalue weighted by atomic mass is 10.0. The van der Waals surface area contributed by atoms with Gasteiger partial charge in [-0.05, 0) is 49.4 Å². The summed E-state index contributed by atoms with van der Waals surface area (Å²) in [5.74, 6) is -0.150. The van der Waals surface area contributed by atoms with E-state index in [1.54, 1.807) is 6.07 Å². The number of carbonyl (C=O) groups excluding carboxylic acids is 1. The van der Waals surface area contributed by atoms with E-state index in [1.807, 2.05) is 35.2 Å². The van der Waals surface area contributed by atoms with Crippen molar-refractivity contribution >= 4 is 27.5 Å². The molecule has 29 heavy (non-hydrogen) atoms. The van der Waals surface area contributed by atoms with E-state index in [0.717, 1.165) is 37.7 Å². The number of benzene rings is 2. The second kappa shape index (κ2) is 8.46. The van der Waals surface area contributed by atoms with Gasteiger partial charge in [0.15, 0.2) is 0 Å². The summed E-state index contributed by atoms with van der Waals surface area (Å²) in [7, 11) is -3.71. The average molecular weight is 433 g/mol. The van der Waals surface area contributed by atoms with Gasteiger partial charge in [-0.15, -0.1) is 0 Å². The molecule has 1 unspecified atom stereocenters. The van der Waals surface area contributed by atoms with Crippen molar-refractivity contribution in [3.63, 3.8) is 0 Å². The molecule has 0 N–H and O–H groups in total. The summed E-state index contributed by atoms with van der Waals surface area (Å²) in [5, 5.41) is 0.160. The topological polar surface area (TPSA) is 57.7 Å². The zero-order valence-corrected chi connectivity index (χ0v) is 17.8. The molecule has 1 atom stereocenters. The van der Waals surface area contributed by atoms with E-state index in [-0.39, 0.29) is 21.9 Å². The van der Waals surface area contributed by atoms with Crippen LogP contribution in [0.4, 0.5) is 0 Å². The van der Waals surface area contributed by atoms with Crippen LogP contribution >= 0.6 is 11.6 Å². The summed E-state index contributed by atoms with van der Waals surface area (Å²) in [6, 6.07) is 14.6. The number of hydrogen-bond acceptors (Lipinski definition) is 3. The van der Waals surface area contributed by atoms with Gasteiger partial charge in [0.1, 0.15) is 4.90 Å². The molecule has 2 heterocycles. The highest BCUT2D eigenvalue weighted by Crippen LogP contribution is 2.34. The highest BCUT2D eigenvalue weighted by Gasteiger charge is 2.33. The standard InChI is InChI=1S/C22H25ClN2O3S/c23-19-12-11-18(16-21(19)29(27,28)24-13-5-2-6-14-24)22(26)25-15-7-10-20(25)17-8-3-1-4-9-17/h1,3-4,8-9,11-12,16,20H,2,5-7,10,13-15H2. The van der Waals surface area contributed by atoms with Gasteiger partial charge in [-0.3, -0.25) is 4.79 Å². The van der Waals surface area contributed by atoms with E-state index in [2.05, 4.69) is 0 Å². The molecule has 2 aromatic carbocycles. The second-order valence-corrected chi connectivity index (χ2v) is 9.99. The van der Waals surface area contributed by atoms with Gasteiger partial charge < -0.3 is 4.90 Å². The fourth-order valence-electron chi connectivity index (χ4n) is 4.28. The largest absolute Gasteiger partial charge is 0.332 e. The lowest BCUT2D eigenvalue weighted by Crippen LogP contribution is -2.36. The van der Waals surface area contributed by atoms with Crippen molar-refractivity contribution in [3.05, 3.63) is 64.7 Å². The van der Waals surface area contributed by atoms with Crippen molar-refractivity contribution in [2.24, 2.45) is 0 Å². The first-order valence-corrected chi connectivity index (χ1v) is 12.0. The second-order valence-electron chi connectivity index (χ2n) is 7.68. The smallest absolute Gasteiger partial charge is 0.254 e. The predicted octanol–water partition coefficient (Wildman–Crippen LogP) is 4.49. The van der Waals surface area contributed by atoms with Gasteiger partial charge in [0.05, 0.1) is 11.1 Å². The Morgan fingerprint density at radius 1 is 0.931 bits per heavy atom. The minimum Gasteiger partial charge on any atom is -0.332 e. The summed E-state index contributed by atoms with van der Waals surface area (Å²) < 4.78 is 27.7. The van der Waals surface area contributed by atoms with Gasteiger partial charge in [-0.1, -0.05) is 48.4 Å². The van der Waals surface area contributed by atoms with Crippen LogP contribution in [0, 0.1) is 0 Å². The van der Waals surface area contributed by atoms with Crippen LogP contribution in [-0.4, -0.2) is 43.2 Å². The molecule has 0 saturated carbocycles. The first-order valence-electron chi connectivity index (χ1n) is 10.1. The van der Waals surface area contributed by atoms with Crippen LogP contribution < -0.4 is 0 Å². The van der Waals surface area contributed by atoms with E-state index >= 15 is 0 Å². The molecule has 5 nitrogen and oxygen atoms in total. The number of rotatable bonds is 4. The number of likely N-dealkylation sites (tertiary alicyclic amines) is 1. The van der Waals surface area contributed by atoms with E-state index < -0.39 is 10.0 Å². The molecule has 154 valence electrons. The summed E-state index contributed by atoms with van der Waals surface area (Å²) in [5.41, 5.74) is 1.47. The maximum Gasteiger partial charge on any atom is 0.254 e. The van der Waals surface area contributed by atoms with E-state index in [9.17, 15) is 13.2 Å². The van der Waals surface area contributed by atoms with Crippen LogP contribution in [0.2, 0.25) is 5.02 Å². The highest BCUT2D eigenvalue weighted by molar-refractivity contribution is 7.89. The molecule has 2 aliphatic heterocycles. The molecular formula is C22H25ClN2O3S. The number of halogens is 1. The number of nitrogens with zero attached hydrogens (tertiary/aromatic N) is 2. The maximum absolute atomic E-state index is 13.3. The Hall–Kier alpha value is -1.89. The van der Waals surface area contributed by atoms with Crippen LogP contribution in [-0.2, 0) is 10.0 Å². The minimum absolute atomic E-state index is 0.0153. The van der Waals surface area contributed by atoms with Gasteiger partial charge in [0.2, 0.25) is 10.0 Å². The number of piperidine rings is 1. The number of sulfonamides is 1. The Balaban J connectivity index is 1.64. The zero-order valence-electron chi connectivity index (χ0n) is 16.3. The lowest BCUT2D eigenvalue weighted by molar-refractivity contribution is 0.0735. The monoisotopic (exact) mass is 432 g/mol. The van der Waals surface area contributed by atoms with Crippen molar-refractivity contribution in [1.29, 1.82) is 0 Å². The third kappa shape index (κ3) is 4.06. The van der Waals surface area contributed by atoms with Crippen LogP contribution in [0.3, 0.4) is 0 Å². The van der Waals surface area contributed by atoms with Crippen molar-refractivity contribution in [2.75, 3.05) is 19.6 Å². The molecule has 0 spiro atoms. The quantitative estimate of drug-likeness (QED) is 0.715. The third-order valence-electron chi connectivity index (χ3n) is 5.81. The van der Waals surface area contributed by atoms with Crippen molar-refractivity contribution in [2.45, 2.75) is 43.0 Å². The predicted molar refractivity (Wildman–Crippen MR) is 114 cm³/mol. The van der Waals surface area contributed by atoms with Gasteiger partial charge in [-0.2, -0.15) is 4.31 Å². The Labute approximate surface area is 177 Å². The molecule has 0 radical (unpaired) electrons. The summed E-state index contributed by atoms with van der Waals surface area (Å²) in [6.07, 6.45) is 4.57. The molecule has 7 heteroatoms. The number of hydrogen-bond donors (Lipinski definition) is 0. The Morgan fingerprint density at radius 3 is 2.38 bits per heavy atom. The van der Waals surface area contributed by atoms with Crippen molar-refractivity contribution in [3.8, 4) is 0 Å². The SMILES string of the molecule is O=C(c1ccc(Cl)c(S(=O)(=O)N2CCCCC2)c1)N1CCCC1c1ccccc1. The molecule has 4 rings (SSSR count). The van der Waals surface area contributed by atoms with Crippen molar-refractivity contribution in [1.82, 2.24) is 9.21 Å². The summed E-state index contributed by atoms with van der Waals surface area (Å²) in [6.45, 7) is 1.66. The fraction of sp³-hybridized carbons (Fsp3) is 0.409. The molecule has 0 aliphatic carbocycles. The molecule has 0 aromatic heterocycles. The zero-order chi connectivity index (χ0) is 20.4. The molecule has 2 aliphatic rings. The van der Waals surface area contributed by atoms with Gasteiger partial charge >= 0.3 is 0 Å². The van der Waals surface area contributed by atoms with E-state index in [4.69, 9.17) is 11.6 Å². The maximum atomic E-state index is 13.3. The minimum atomic E-state index is -3.71. The molecular weight excluding hydrogens is 408 g/mol. The summed E-state index contributed by atoms with van der Waals surface area (Å²) in [4.78, 5) is 15.1. The van der Waals surface area contributed by atoms with Crippen LogP contribution in [0.1, 0.15) is 54.1 Å². The first-order chi connectivity index (χ1) is 14.0.